The maximum absolute atomic E-state index is 12.1. The van der Waals surface area contributed by atoms with E-state index in [1.165, 1.54) is 6.92 Å². The van der Waals surface area contributed by atoms with E-state index in [1.807, 2.05) is 0 Å². The molecule has 1 aromatic carbocycles. The first-order valence-electron chi connectivity index (χ1n) is 8.17. The second kappa shape index (κ2) is 8.86. The van der Waals surface area contributed by atoms with Crippen molar-refractivity contribution in [2.75, 3.05) is 11.9 Å². The molecule has 0 saturated heterocycles. The highest BCUT2D eigenvalue weighted by Crippen LogP contribution is 2.14. The number of carbonyl (C=O) groups excluding carboxylic acids is 2. The van der Waals surface area contributed by atoms with Crippen LogP contribution in [0.5, 0.6) is 5.75 Å². The van der Waals surface area contributed by atoms with Crippen LogP contribution in [0.2, 0.25) is 0 Å². The SMILES string of the molecule is CCCCOc1ccc(C(=O)OC(C)C(=O)Nc2cc(C)on2)cc1. The number of hydrogen-bond donors (Lipinski definition) is 1. The van der Waals surface area contributed by atoms with Gasteiger partial charge in [-0.05, 0) is 44.5 Å². The van der Waals surface area contributed by atoms with E-state index in [2.05, 4.69) is 17.4 Å². The molecule has 1 atom stereocenters. The summed E-state index contributed by atoms with van der Waals surface area (Å²) < 4.78 is 15.6. The average molecular weight is 346 g/mol. The Hall–Kier alpha value is -2.83. The second-order valence-electron chi connectivity index (χ2n) is 5.59. The molecule has 1 amide bonds. The fourth-order valence-corrected chi connectivity index (χ4v) is 1.96. The number of rotatable bonds is 8. The van der Waals surface area contributed by atoms with Gasteiger partial charge in [0, 0.05) is 6.07 Å². The highest BCUT2D eigenvalue weighted by molar-refractivity contribution is 5.96. The summed E-state index contributed by atoms with van der Waals surface area (Å²) in [6.45, 7) is 5.92. The van der Waals surface area contributed by atoms with Crippen LogP contribution in [0.3, 0.4) is 0 Å². The predicted octanol–water partition coefficient (Wildman–Crippen LogP) is 3.35. The molecule has 7 heteroatoms. The van der Waals surface area contributed by atoms with Crippen molar-refractivity contribution in [3.05, 3.63) is 41.7 Å². The molecule has 0 saturated carbocycles. The third-order valence-corrected chi connectivity index (χ3v) is 3.39. The minimum atomic E-state index is -0.968. The smallest absolute Gasteiger partial charge is 0.338 e. The highest BCUT2D eigenvalue weighted by atomic mass is 16.5. The second-order valence-corrected chi connectivity index (χ2v) is 5.59. The third-order valence-electron chi connectivity index (χ3n) is 3.39. The van der Waals surface area contributed by atoms with Crippen LogP contribution in [-0.4, -0.2) is 29.7 Å². The summed E-state index contributed by atoms with van der Waals surface area (Å²) in [5, 5.41) is 6.17. The maximum Gasteiger partial charge on any atom is 0.338 e. The Bertz CT molecular complexity index is 709. The molecule has 0 aliphatic carbocycles. The van der Waals surface area contributed by atoms with Crippen molar-refractivity contribution in [3.8, 4) is 5.75 Å². The number of nitrogens with one attached hydrogen (secondary N) is 1. The number of aryl methyl sites for hydroxylation is 1. The van der Waals surface area contributed by atoms with Crippen LogP contribution in [0.4, 0.5) is 5.82 Å². The molecule has 0 fully saturated rings. The lowest BCUT2D eigenvalue weighted by molar-refractivity contribution is -0.123. The summed E-state index contributed by atoms with van der Waals surface area (Å²) in [7, 11) is 0. The Kier molecular flexibility index (Phi) is 6.56. The van der Waals surface area contributed by atoms with E-state index in [-0.39, 0.29) is 5.82 Å². The topological polar surface area (TPSA) is 90.7 Å². The number of aromatic nitrogens is 1. The molecule has 2 aromatic rings. The lowest BCUT2D eigenvalue weighted by atomic mass is 10.2. The number of esters is 1. The first-order chi connectivity index (χ1) is 12.0. The summed E-state index contributed by atoms with van der Waals surface area (Å²) in [5.74, 6) is 0.470. The third kappa shape index (κ3) is 5.63. The summed E-state index contributed by atoms with van der Waals surface area (Å²) in [6.07, 6.45) is 1.06. The number of ether oxygens (including phenoxy) is 2. The average Bonchev–Trinajstić information content (AvgIpc) is 3.00. The number of carbonyl (C=O) groups is 2. The minimum Gasteiger partial charge on any atom is -0.494 e. The van der Waals surface area contributed by atoms with Crippen molar-refractivity contribution < 1.29 is 23.6 Å². The van der Waals surface area contributed by atoms with Gasteiger partial charge in [0.25, 0.3) is 5.91 Å². The van der Waals surface area contributed by atoms with Gasteiger partial charge in [-0.15, -0.1) is 0 Å². The monoisotopic (exact) mass is 346 g/mol. The van der Waals surface area contributed by atoms with Gasteiger partial charge in [0.05, 0.1) is 12.2 Å². The fourth-order valence-electron chi connectivity index (χ4n) is 1.96. The van der Waals surface area contributed by atoms with E-state index in [4.69, 9.17) is 14.0 Å². The molecule has 0 spiro atoms. The van der Waals surface area contributed by atoms with Crippen LogP contribution in [0.1, 0.15) is 42.8 Å². The molecule has 1 N–H and O–H groups in total. The normalized spacial score (nSPS) is 11.6. The zero-order chi connectivity index (χ0) is 18.2. The van der Waals surface area contributed by atoms with E-state index in [0.29, 0.717) is 23.7 Å². The van der Waals surface area contributed by atoms with Crippen molar-refractivity contribution in [1.82, 2.24) is 5.16 Å². The van der Waals surface area contributed by atoms with Gasteiger partial charge >= 0.3 is 5.97 Å². The van der Waals surface area contributed by atoms with Gasteiger partial charge in [-0.3, -0.25) is 4.79 Å². The van der Waals surface area contributed by atoms with Crippen LogP contribution in [0.15, 0.2) is 34.9 Å². The van der Waals surface area contributed by atoms with Gasteiger partial charge in [-0.25, -0.2) is 4.79 Å². The van der Waals surface area contributed by atoms with Crippen LogP contribution in [0.25, 0.3) is 0 Å². The van der Waals surface area contributed by atoms with Crippen molar-refractivity contribution in [2.24, 2.45) is 0 Å². The standard InChI is InChI=1S/C18H22N2O5/c1-4-5-10-23-15-8-6-14(7-9-15)18(22)24-13(3)17(21)19-16-11-12(2)25-20-16/h6-9,11,13H,4-5,10H2,1-3H3,(H,19,20,21). The largest absolute Gasteiger partial charge is 0.494 e. The van der Waals surface area contributed by atoms with Crippen molar-refractivity contribution in [1.29, 1.82) is 0 Å². The summed E-state index contributed by atoms with van der Waals surface area (Å²) >= 11 is 0. The maximum atomic E-state index is 12.1. The van der Waals surface area contributed by atoms with E-state index in [0.717, 1.165) is 12.8 Å². The van der Waals surface area contributed by atoms with Crippen molar-refractivity contribution in [2.45, 2.75) is 39.7 Å². The molecule has 0 aliphatic rings. The van der Waals surface area contributed by atoms with Gasteiger partial charge in [-0.1, -0.05) is 18.5 Å². The van der Waals surface area contributed by atoms with Gasteiger partial charge in [0.1, 0.15) is 11.5 Å². The van der Waals surface area contributed by atoms with Crippen LogP contribution in [-0.2, 0) is 9.53 Å². The molecule has 0 aliphatic heterocycles. The minimum absolute atomic E-state index is 0.277. The lowest BCUT2D eigenvalue weighted by Gasteiger charge is -2.12. The molecule has 134 valence electrons. The molecule has 7 nitrogen and oxygen atoms in total. The zero-order valence-electron chi connectivity index (χ0n) is 14.6. The molecule has 1 unspecified atom stereocenters. The van der Waals surface area contributed by atoms with Gasteiger partial charge in [0.15, 0.2) is 11.9 Å². The van der Waals surface area contributed by atoms with Crippen LogP contribution < -0.4 is 10.1 Å². The Morgan fingerprint density at radius 1 is 1.28 bits per heavy atom. The summed E-state index contributed by atoms with van der Waals surface area (Å²) in [6, 6.07) is 8.19. The van der Waals surface area contributed by atoms with E-state index in [1.54, 1.807) is 37.3 Å². The van der Waals surface area contributed by atoms with Gasteiger partial charge in [-0.2, -0.15) is 0 Å². The van der Waals surface area contributed by atoms with Crippen LogP contribution >= 0.6 is 0 Å². The highest BCUT2D eigenvalue weighted by Gasteiger charge is 2.20. The van der Waals surface area contributed by atoms with Crippen molar-refractivity contribution in [3.63, 3.8) is 0 Å². The quantitative estimate of drug-likeness (QED) is 0.582. The van der Waals surface area contributed by atoms with Crippen molar-refractivity contribution >= 4 is 17.7 Å². The number of hydrogen-bond acceptors (Lipinski definition) is 6. The summed E-state index contributed by atoms with van der Waals surface area (Å²) in [4.78, 5) is 24.1. The molecule has 1 aromatic heterocycles. The van der Waals surface area contributed by atoms with Gasteiger partial charge in [0.2, 0.25) is 0 Å². The molecule has 2 rings (SSSR count). The van der Waals surface area contributed by atoms with Gasteiger partial charge < -0.3 is 19.3 Å². The molecular formula is C18H22N2O5. The first-order valence-corrected chi connectivity index (χ1v) is 8.17. The Morgan fingerprint density at radius 3 is 2.60 bits per heavy atom. The molecule has 0 bridgehead atoms. The number of amides is 1. The Labute approximate surface area is 146 Å². The fraction of sp³-hybridized carbons (Fsp3) is 0.389. The molecule has 25 heavy (non-hydrogen) atoms. The van der Waals surface area contributed by atoms with Crippen LogP contribution in [0, 0.1) is 6.92 Å². The van der Waals surface area contributed by atoms with E-state index in [9.17, 15) is 9.59 Å². The Morgan fingerprint density at radius 2 is 2.00 bits per heavy atom. The molecule has 0 radical (unpaired) electrons. The van der Waals surface area contributed by atoms with E-state index >= 15 is 0 Å². The van der Waals surface area contributed by atoms with E-state index < -0.39 is 18.0 Å². The first kappa shape index (κ1) is 18.5. The molecular weight excluding hydrogens is 324 g/mol. The molecule has 1 heterocycles. The Balaban J connectivity index is 1.86. The predicted molar refractivity (Wildman–Crippen MR) is 91.6 cm³/mol. The number of nitrogens with zero attached hydrogens (tertiary/aromatic N) is 1. The lowest BCUT2D eigenvalue weighted by Crippen LogP contribution is -2.30. The number of benzene rings is 1. The number of unbranched alkanes of at least 4 members (excludes halogenated alkanes) is 1. The zero-order valence-corrected chi connectivity index (χ0v) is 14.6. The summed E-state index contributed by atoms with van der Waals surface area (Å²) in [5.41, 5.74) is 0.347. The number of anilines is 1.